The molecule has 0 aliphatic heterocycles. The van der Waals surface area contributed by atoms with Gasteiger partial charge >= 0.3 is 0 Å². The van der Waals surface area contributed by atoms with E-state index in [1.165, 1.54) is 11.1 Å². The summed E-state index contributed by atoms with van der Waals surface area (Å²) < 4.78 is 2.32. The van der Waals surface area contributed by atoms with Crippen LogP contribution in [-0.2, 0) is 18.7 Å². The van der Waals surface area contributed by atoms with Crippen molar-refractivity contribution in [2.75, 3.05) is 0 Å². The molecular formula is C17H16ClN3. The first-order valence-corrected chi connectivity index (χ1v) is 7.84. The third-order valence-corrected chi connectivity index (χ3v) is 4.61. The number of hydrogen-bond acceptors (Lipinski definition) is 2. The Balaban J connectivity index is 1.81. The number of fused-ring (bicyclic) bond motifs is 2. The average Bonchev–Trinajstić information content (AvgIpc) is 2.93. The summed E-state index contributed by atoms with van der Waals surface area (Å²) in [7, 11) is 0. The second kappa shape index (κ2) is 5.15. The molecule has 1 unspecified atom stereocenters. The van der Waals surface area contributed by atoms with Gasteiger partial charge in [-0.05, 0) is 36.5 Å². The summed E-state index contributed by atoms with van der Waals surface area (Å²) in [5.41, 5.74) is 5.01. The van der Waals surface area contributed by atoms with E-state index in [4.69, 9.17) is 11.6 Å². The molecule has 2 aromatic heterocycles. The molecule has 0 amide bonds. The molecule has 1 atom stereocenters. The van der Waals surface area contributed by atoms with Crippen LogP contribution in [0.2, 0.25) is 0 Å². The van der Waals surface area contributed by atoms with E-state index in [-0.39, 0.29) is 0 Å². The summed E-state index contributed by atoms with van der Waals surface area (Å²) in [5.74, 6) is 1.39. The van der Waals surface area contributed by atoms with Crippen LogP contribution in [-0.4, -0.2) is 14.5 Å². The summed E-state index contributed by atoms with van der Waals surface area (Å²) in [5, 5.41) is 0. The van der Waals surface area contributed by atoms with E-state index in [2.05, 4.69) is 38.8 Å². The Morgan fingerprint density at radius 1 is 1.19 bits per heavy atom. The first kappa shape index (κ1) is 12.8. The Labute approximate surface area is 128 Å². The van der Waals surface area contributed by atoms with Gasteiger partial charge in [-0.2, -0.15) is 0 Å². The molecule has 2 heterocycles. The highest BCUT2D eigenvalue weighted by atomic mass is 35.5. The SMILES string of the molecule is ClCc1nc2cnccc2n1C1CCc2ccccc2C1. The predicted molar refractivity (Wildman–Crippen MR) is 84.6 cm³/mol. The largest absolute Gasteiger partial charge is 0.323 e. The van der Waals surface area contributed by atoms with Gasteiger partial charge in [0.15, 0.2) is 0 Å². The second-order valence-electron chi connectivity index (χ2n) is 5.56. The Kier molecular flexibility index (Phi) is 3.15. The van der Waals surface area contributed by atoms with Gasteiger partial charge in [0.05, 0.1) is 17.6 Å². The van der Waals surface area contributed by atoms with Crippen LogP contribution in [0.25, 0.3) is 11.0 Å². The lowest BCUT2D eigenvalue weighted by molar-refractivity contribution is 0.443. The van der Waals surface area contributed by atoms with Crippen molar-refractivity contribution >= 4 is 22.6 Å². The Morgan fingerprint density at radius 2 is 2.05 bits per heavy atom. The van der Waals surface area contributed by atoms with Gasteiger partial charge in [0, 0.05) is 12.2 Å². The van der Waals surface area contributed by atoms with Crippen LogP contribution < -0.4 is 0 Å². The number of alkyl halides is 1. The zero-order valence-electron chi connectivity index (χ0n) is 11.7. The highest BCUT2D eigenvalue weighted by Gasteiger charge is 2.23. The summed E-state index contributed by atoms with van der Waals surface area (Å²) in [6, 6.07) is 11.2. The average molecular weight is 298 g/mol. The lowest BCUT2D eigenvalue weighted by Gasteiger charge is -2.27. The van der Waals surface area contributed by atoms with Crippen LogP contribution in [0.1, 0.15) is 29.4 Å². The molecule has 0 bridgehead atoms. The molecule has 0 saturated carbocycles. The smallest absolute Gasteiger partial charge is 0.125 e. The number of hydrogen-bond donors (Lipinski definition) is 0. The molecule has 4 rings (SSSR count). The van der Waals surface area contributed by atoms with E-state index in [1.807, 2.05) is 18.5 Å². The molecule has 1 aromatic carbocycles. The standard InChI is InChI=1S/C17H16ClN3/c18-10-17-20-15-11-19-8-7-16(15)21(17)14-6-5-12-3-1-2-4-13(12)9-14/h1-4,7-8,11,14H,5-6,9-10H2. The van der Waals surface area contributed by atoms with E-state index in [9.17, 15) is 0 Å². The van der Waals surface area contributed by atoms with Crippen molar-refractivity contribution in [2.24, 2.45) is 0 Å². The summed E-state index contributed by atoms with van der Waals surface area (Å²) in [6.45, 7) is 0. The van der Waals surface area contributed by atoms with E-state index in [1.54, 1.807) is 0 Å². The van der Waals surface area contributed by atoms with Gasteiger partial charge in [0.25, 0.3) is 0 Å². The minimum absolute atomic E-state index is 0.432. The predicted octanol–water partition coefficient (Wildman–Crippen LogP) is 3.90. The minimum Gasteiger partial charge on any atom is -0.323 e. The molecule has 0 spiro atoms. The van der Waals surface area contributed by atoms with Crippen molar-refractivity contribution in [1.29, 1.82) is 0 Å². The Hall–Kier alpha value is -1.87. The topological polar surface area (TPSA) is 30.7 Å². The molecule has 3 nitrogen and oxygen atoms in total. The summed E-state index contributed by atoms with van der Waals surface area (Å²) in [4.78, 5) is 8.79. The van der Waals surface area contributed by atoms with E-state index in [0.29, 0.717) is 11.9 Å². The minimum atomic E-state index is 0.432. The fraction of sp³-hybridized carbons (Fsp3) is 0.294. The maximum atomic E-state index is 6.12. The molecule has 21 heavy (non-hydrogen) atoms. The third-order valence-electron chi connectivity index (χ3n) is 4.37. The van der Waals surface area contributed by atoms with Crippen molar-refractivity contribution in [2.45, 2.75) is 31.2 Å². The van der Waals surface area contributed by atoms with Gasteiger partial charge in [-0.15, -0.1) is 11.6 Å². The number of aryl methyl sites for hydroxylation is 1. The highest BCUT2D eigenvalue weighted by Crippen LogP contribution is 2.32. The molecular weight excluding hydrogens is 282 g/mol. The zero-order valence-corrected chi connectivity index (χ0v) is 12.4. The van der Waals surface area contributed by atoms with E-state index in [0.717, 1.165) is 36.1 Å². The van der Waals surface area contributed by atoms with Crippen LogP contribution in [0.4, 0.5) is 0 Å². The van der Waals surface area contributed by atoms with Gasteiger partial charge in [-0.1, -0.05) is 24.3 Å². The zero-order chi connectivity index (χ0) is 14.2. The second-order valence-corrected chi connectivity index (χ2v) is 5.83. The third kappa shape index (κ3) is 2.12. The van der Waals surface area contributed by atoms with Gasteiger partial charge in [0.1, 0.15) is 11.3 Å². The number of imidazole rings is 1. The van der Waals surface area contributed by atoms with Crippen LogP contribution in [0.5, 0.6) is 0 Å². The number of benzene rings is 1. The molecule has 0 saturated heterocycles. The monoisotopic (exact) mass is 297 g/mol. The Morgan fingerprint density at radius 3 is 2.90 bits per heavy atom. The molecule has 0 N–H and O–H groups in total. The molecule has 3 aromatic rings. The quantitative estimate of drug-likeness (QED) is 0.672. The van der Waals surface area contributed by atoms with Gasteiger partial charge in [0.2, 0.25) is 0 Å². The molecule has 106 valence electrons. The van der Waals surface area contributed by atoms with Crippen molar-refractivity contribution in [1.82, 2.24) is 14.5 Å². The first-order valence-electron chi connectivity index (χ1n) is 7.30. The van der Waals surface area contributed by atoms with Crippen LogP contribution in [0, 0.1) is 0 Å². The van der Waals surface area contributed by atoms with E-state index < -0.39 is 0 Å². The molecule has 1 aliphatic rings. The highest BCUT2D eigenvalue weighted by molar-refractivity contribution is 6.16. The molecule has 0 radical (unpaired) electrons. The first-order chi connectivity index (χ1) is 10.4. The van der Waals surface area contributed by atoms with Crippen LogP contribution >= 0.6 is 11.6 Å². The number of aromatic nitrogens is 3. The van der Waals surface area contributed by atoms with E-state index >= 15 is 0 Å². The lowest BCUT2D eigenvalue weighted by atomic mass is 9.88. The fourth-order valence-corrected chi connectivity index (χ4v) is 3.59. The number of pyridine rings is 1. The maximum absolute atomic E-state index is 6.12. The normalized spacial score (nSPS) is 17.9. The summed E-state index contributed by atoms with van der Waals surface area (Å²) >= 11 is 6.12. The van der Waals surface area contributed by atoms with Crippen molar-refractivity contribution in [3.63, 3.8) is 0 Å². The van der Waals surface area contributed by atoms with Gasteiger partial charge in [-0.25, -0.2) is 4.98 Å². The fourth-order valence-electron chi connectivity index (χ4n) is 3.40. The number of halogens is 1. The Bertz CT molecular complexity index is 794. The molecule has 1 aliphatic carbocycles. The van der Waals surface area contributed by atoms with Gasteiger partial charge in [-0.3, -0.25) is 4.98 Å². The number of nitrogens with zero attached hydrogens (tertiary/aromatic N) is 3. The van der Waals surface area contributed by atoms with Crippen molar-refractivity contribution in [3.8, 4) is 0 Å². The summed E-state index contributed by atoms with van der Waals surface area (Å²) in [6.07, 6.45) is 6.95. The van der Waals surface area contributed by atoms with Crippen LogP contribution in [0.3, 0.4) is 0 Å². The lowest BCUT2D eigenvalue weighted by Crippen LogP contribution is -2.20. The number of rotatable bonds is 2. The van der Waals surface area contributed by atoms with Gasteiger partial charge < -0.3 is 4.57 Å². The van der Waals surface area contributed by atoms with Crippen LogP contribution in [0.15, 0.2) is 42.7 Å². The molecule has 4 heteroatoms. The maximum Gasteiger partial charge on any atom is 0.125 e. The molecule has 0 fully saturated rings. The van der Waals surface area contributed by atoms with Crippen molar-refractivity contribution in [3.05, 3.63) is 59.7 Å². The van der Waals surface area contributed by atoms with Crippen molar-refractivity contribution < 1.29 is 0 Å².